The number of hydrogen-bond acceptors (Lipinski definition) is 6. The lowest BCUT2D eigenvalue weighted by atomic mass is 9.97. The number of alkyl halides is 6. The lowest BCUT2D eigenvalue weighted by Gasteiger charge is -2.19. The first-order valence-corrected chi connectivity index (χ1v) is 11.5. The summed E-state index contributed by atoms with van der Waals surface area (Å²) < 4.78 is 88.2. The van der Waals surface area contributed by atoms with Gasteiger partial charge in [0.1, 0.15) is 0 Å². The van der Waals surface area contributed by atoms with Crippen molar-refractivity contribution in [2.75, 3.05) is 5.32 Å². The van der Waals surface area contributed by atoms with E-state index in [1.54, 1.807) is 20.8 Å². The number of fused-ring (bicyclic) bond motifs is 1. The lowest BCUT2D eigenvalue weighted by molar-refractivity contribution is -0.811. The molecule has 0 radical (unpaired) electrons. The number of carbonyl (C=O) groups excluding carboxylic acids is 1. The minimum Gasteiger partial charge on any atom is -1.00 e. The molecule has 15 heteroatoms. The van der Waals surface area contributed by atoms with E-state index in [4.69, 9.17) is 4.74 Å². The van der Waals surface area contributed by atoms with Crippen molar-refractivity contribution in [2.45, 2.75) is 46.3 Å². The molecule has 1 unspecified atom stereocenters. The third kappa shape index (κ3) is 6.43. The van der Waals surface area contributed by atoms with Crippen molar-refractivity contribution in [3.63, 3.8) is 0 Å². The van der Waals surface area contributed by atoms with Crippen LogP contribution in [0.5, 0.6) is 0 Å². The van der Waals surface area contributed by atoms with Gasteiger partial charge in [0.25, 0.3) is 5.95 Å². The third-order valence-electron chi connectivity index (χ3n) is 5.57. The summed E-state index contributed by atoms with van der Waals surface area (Å²) >= 11 is 0. The first-order valence-electron chi connectivity index (χ1n) is 11.5. The Kier molecular flexibility index (Phi) is 8.35. The molecule has 40 heavy (non-hydrogen) atoms. The van der Waals surface area contributed by atoms with E-state index in [0.717, 1.165) is 24.3 Å². The summed E-state index contributed by atoms with van der Waals surface area (Å²) in [7, 11) is 0. The molecular formula is C25H23ClF6N6O2. The van der Waals surface area contributed by atoms with Crippen LogP contribution < -0.4 is 22.4 Å². The predicted molar refractivity (Wildman–Crippen MR) is 126 cm³/mol. The Balaban J connectivity index is 0.00000441. The molecule has 0 aliphatic rings. The Morgan fingerprint density at radius 1 is 1.00 bits per heavy atom. The average molecular weight is 589 g/mol. The van der Waals surface area contributed by atoms with Crippen molar-refractivity contribution in [3.8, 4) is 11.3 Å². The highest BCUT2D eigenvalue weighted by atomic mass is 35.5. The summed E-state index contributed by atoms with van der Waals surface area (Å²) in [6, 6.07) is 7.51. The van der Waals surface area contributed by atoms with Gasteiger partial charge >= 0.3 is 24.5 Å². The van der Waals surface area contributed by atoms with E-state index < -0.39 is 41.1 Å². The molecule has 3 aromatic heterocycles. The van der Waals surface area contributed by atoms with E-state index in [9.17, 15) is 31.1 Å². The number of esters is 1. The fourth-order valence-corrected chi connectivity index (χ4v) is 3.58. The number of rotatable bonds is 5. The Hall–Kier alpha value is -3.94. The molecular weight excluding hydrogens is 566 g/mol. The topological polar surface area (TPSA) is 85.3 Å². The average Bonchev–Trinajstić information content (AvgIpc) is 3.24. The van der Waals surface area contributed by atoms with Crippen LogP contribution in [0.2, 0.25) is 0 Å². The van der Waals surface area contributed by atoms with Gasteiger partial charge in [0.05, 0.1) is 27.8 Å². The number of aromatic nitrogens is 5. The molecule has 0 spiro atoms. The minimum absolute atomic E-state index is 0. The van der Waals surface area contributed by atoms with Gasteiger partial charge in [-0.3, -0.25) is 9.78 Å². The number of anilines is 2. The molecule has 0 amide bonds. The second-order valence-electron chi connectivity index (χ2n) is 9.65. The van der Waals surface area contributed by atoms with E-state index in [2.05, 4.69) is 20.5 Å². The number of pyridine rings is 1. The van der Waals surface area contributed by atoms with E-state index in [-0.39, 0.29) is 40.9 Å². The molecule has 3 heterocycles. The van der Waals surface area contributed by atoms with Gasteiger partial charge in [0, 0.05) is 24.9 Å². The molecule has 0 aliphatic heterocycles. The van der Waals surface area contributed by atoms with Crippen LogP contribution in [0, 0.1) is 5.41 Å². The summed E-state index contributed by atoms with van der Waals surface area (Å²) in [5, 5.41) is 10.9. The Bertz CT molecular complexity index is 1510. The summed E-state index contributed by atoms with van der Waals surface area (Å²) in [6.07, 6.45) is -7.78. The van der Waals surface area contributed by atoms with Gasteiger partial charge < -0.3 is 22.5 Å². The predicted octanol–water partition coefficient (Wildman–Crippen LogP) is 2.97. The van der Waals surface area contributed by atoms with Crippen LogP contribution in [0.3, 0.4) is 0 Å². The van der Waals surface area contributed by atoms with Crippen molar-refractivity contribution in [1.82, 2.24) is 19.7 Å². The SMILES string of the molecule is CC(OC(=O)C(C)(C)C)[n+]1cc(-c2ncccc2C(F)(F)F)cc2nnc(Nc3ccc(C(F)(F)F)cc3)n21.[Cl-]. The zero-order chi connectivity index (χ0) is 28.8. The van der Waals surface area contributed by atoms with Crippen molar-refractivity contribution in [3.05, 3.63) is 66.0 Å². The molecule has 1 N–H and O–H groups in total. The highest BCUT2D eigenvalue weighted by molar-refractivity contribution is 5.75. The molecule has 4 rings (SSSR count). The fraction of sp³-hybridized carbons (Fsp3) is 0.320. The standard InChI is InChI=1S/C25H22F6N6O2.ClH/c1-14(39-21(38)23(2,3)4)36-13-15(20-18(25(29,30)31)6-5-11-32-20)12-19-34-35-22(37(19)36)33-17-9-7-16(8-10-17)24(26,27)28;/h5-14H,1-4H3;1H. The smallest absolute Gasteiger partial charge is 0.418 e. The molecule has 0 aliphatic carbocycles. The van der Waals surface area contributed by atoms with Crippen molar-refractivity contribution in [2.24, 2.45) is 5.41 Å². The molecule has 4 aromatic rings. The first-order chi connectivity index (χ1) is 18.1. The molecule has 0 saturated heterocycles. The quantitative estimate of drug-likeness (QED) is 0.219. The van der Waals surface area contributed by atoms with Gasteiger partial charge in [0.2, 0.25) is 11.8 Å². The van der Waals surface area contributed by atoms with Crippen LogP contribution in [0.4, 0.5) is 38.0 Å². The van der Waals surface area contributed by atoms with E-state index in [1.807, 2.05) is 0 Å². The van der Waals surface area contributed by atoms with Gasteiger partial charge in [-0.1, -0.05) is 9.20 Å². The lowest BCUT2D eigenvalue weighted by Crippen LogP contribution is -3.00. The van der Waals surface area contributed by atoms with Crippen molar-refractivity contribution < 1.29 is 53.0 Å². The zero-order valence-corrected chi connectivity index (χ0v) is 22.2. The second kappa shape index (κ2) is 10.9. The number of carbonyl (C=O) groups is 1. The largest absolute Gasteiger partial charge is 1.00 e. The maximum Gasteiger partial charge on any atom is 0.418 e. The van der Waals surface area contributed by atoms with E-state index >= 15 is 0 Å². The zero-order valence-electron chi connectivity index (χ0n) is 21.5. The molecule has 0 saturated carbocycles. The van der Waals surface area contributed by atoms with Gasteiger partial charge in [-0.05, 0) is 57.2 Å². The first kappa shape index (κ1) is 30.6. The van der Waals surface area contributed by atoms with Gasteiger partial charge in [-0.2, -0.15) is 26.3 Å². The molecule has 8 nitrogen and oxygen atoms in total. The van der Waals surface area contributed by atoms with Crippen molar-refractivity contribution in [1.29, 1.82) is 0 Å². The van der Waals surface area contributed by atoms with Crippen LogP contribution in [-0.2, 0) is 21.9 Å². The monoisotopic (exact) mass is 588 g/mol. The number of nitrogens with zero attached hydrogens (tertiary/aromatic N) is 5. The van der Waals surface area contributed by atoms with Gasteiger partial charge in [-0.15, -0.1) is 10.2 Å². The molecule has 1 aromatic carbocycles. The number of ether oxygens (including phenoxy) is 1. The van der Waals surface area contributed by atoms with Crippen LogP contribution in [0.15, 0.2) is 54.9 Å². The molecule has 0 fully saturated rings. The van der Waals surface area contributed by atoms with Gasteiger partial charge in [0.15, 0.2) is 0 Å². The van der Waals surface area contributed by atoms with Crippen molar-refractivity contribution >= 4 is 23.3 Å². The Labute approximate surface area is 230 Å². The summed E-state index contributed by atoms with van der Waals surface area (Å²) in [6.45, 7) is 6.41. The maximum absolute atomic E-state index is 13.7. The number of benzene rings is 1. The van der Waals surface area contributed by atoms with E-state index in [0.29, 0.717) is 0 Å². The Morgan fingerprint density at radius 2 is 1.65 bits per heavy atom. The molecule has 1 atom stereocenters. The fourth-order valence-electron chi connectivity index (χ4n) is 3.58. The minimum atomic E-state index is -4.70. The third-order valence-corrected chi connectivity index (χ3v) is 5.57. The number of nitrogens with one attached hydrogen (secondary N) is 1. The number of halogens is 7. The Morgan fingerprint density at radius 3 is 2.23 bits per heavy atom. The number of hydrogen-bond donors (Lipinski definition) is 1. The van der Waals surface area contributed by atoms with Crippen LogP contribution in [0.1, 0.15) is 45.0 Å². The second-order valence-corrected chi connectivity index (χ2v) is 9.65. The van der Waals surface area contributed by atoms with Crippen LogP contribution >= 0.6 is 0 Å². The summed E-state index contributed by atoms with van der Waals surface area (Å²) in [5.74, 6) is -0.577. The van der Waals surface area contributed by atoms with Gasteiger partial charge in [-0.25, -0.2) is 0 Å². The van der Waals surface area contributed by atoms with E-state index in [1.165, 1.54) is 46.7 Å². The molecule has 214 valence electrons. The summed E-state index contributed by atoms with van der Waals surface area (Å²) in [4.78, 5) is 16.5. The molecule has 0 bridgehead atoms. The maximum atomic E-state index is 13.7. The normalized spacial score (nSPS) is 13.1. The van der Waals surface area contributed by atoms with Crippen LogP contribution in [-0.4, -0.2) is 25.7 Å². The highest BCUT2D eigenvalue weighted by Gasteiger charge is 2.36. The highest BCUT2D eigenvalue weighted by Crippen LogP contribution is 2.36. The van der Waals surface area contributed by atoms with Crippen LogP contribution in [0.25, 0.3) is 16.9 Å². The summed E-state index contributed by atoms with van der Waals surface area (Å²) in [5.41, 5.74) is -2.79.